The number of halogens is 2. The van der Waals surface area contributed by atoms with Crippen LogP contribution in [0.25, 0.3) is 0 Å². The third-order valence-electron chi connectivity index (χ3n) is 2.60. The monoisotopic (exact) mass is 294 g/mol. The van der Waals surface area contributed by atoms with Gasteiger partial charge in [0.1, 0.15) is 5.82 Å². The second kappa shape index (κ2) is 5.43. The van der Waals surface area contributed by atoms with Crippen molar-refractivity contribution in [2.45, 2.75) is 12.5 Å². The molecular weight excluding hydrogens is 283 g/mol. The number of benzene rings is 2. The van der Waals surface area contributed by atoms with Crippen molar-refractivity contribution in [3.63, 3.8) is 0 Å². The maximum absolute atomic E-state index is 13.1. The first-order chi connectivity index (χ1) is 8.16. The maximum Gasteiger partial charge on any atom is 0.137 e. The van der Waals surface area contributed by atoms with Crippen LogP contribution in [0.4, 0.5) is 4.39 Å². The van der Waals surface area contributed by atoms with Crippen LogP contribution in [0.2, 0.25) is 0 Å². The van der Waals surface area contributed by atoms with Gasteiger partial charge < -0.3 is 5.11 Å². The molecule has 1 N–H and O–H groups in total. The van der Waals surface area contributed by atoms with Crippen molar-refractivity contribution in [2.24, 2.45) is 0 Å². The molecule has 0 heterocycles. The molecule has 1 unspecified atom stereocenters. The van der Waals surface area contributed by atoms with Crippen LogP contribution in [0.3, 0.4) is 0 Å². The average Bonchev–Trinajstić information content (AvgIpc) is 2.34. The predicted octanol–water partition coefficient (Wildman–Crippen LogP) is 3.86. The van der Waals surface area contributed by atoms with Gasteiger partial charge in [-0.3, -0.25) is 0 Å². The molecular formula is C14H12BrFO. The summed E-state index contributed by atoms with van der Waals surface area (Å²) in [4.78, 5) is 0. The highest BCUT2D eigenvalue weighted by atomic mass is 79.9. The molecule has 0 bridgehead atoms. The van der Waals surface area contributed by atoms with Gasteiger partial charge in [-0.2, -0.15) is 0 Å². The van der Waals surface area contributed by atoms with Gasteiger partial charge in [-0.05, 0) is 39.2 Å². The lowest BCUT2D eigenvalue weighted by atomic mass is 10.0. The minimum absolute atomic E-state index is 0.319. The first kappa shape index (κ1) is 12.3. The molecule has 3 heteroatoms. The van der Waals surface area contributed by atoms with Crippen molar-refractivity contribution in [2.75, 3.05) is 0 Å². The summed E-state index contributed by atoms with van der Waals surface area (Å²) in [5.74, 6) is -0.319. The van der Waals surface area contributed by atoms with E-state index in [0.717, 1.165) is 5.56 Å². The third-order valence-corrected chi connectivity index (χ3v) is 3.21. The molecule has 2 aromatic carbocycles. The molecule has 88 valence electrons. The van der Waals surface area contributed by atoms with E-state index in [2.05, 4.69) is 15.9 Å². The zero-order valence-electron chi connectivity index (χ0n) is 9.11. The highest BCUT2D eigenvalue weighted by Gasteiger charge is 2.10. The lowest BCUT2D eigenvalue weighted by molar-refractivity contribution is 0.178. The quantitative estimate of drug-likeness (QED) is 0.911. The summed E-state index contributed by atoms with van der Waals surface area (Å²) in [5.41, 5.74) is 1.77. The summed E-state index contributed by atoms with van der Waals surface area (Å²) in [6.07, 6.45) is -0.0897. The van der Waals surface area contributed by atoms with Gasteiger partial charge in [0.25, 0.3) is 0 Å². The lowest BCUT2D eigenvalue weighted by Gasteiger charge is -2.11. The van der Waals surface area contributed by atoms with Crippen LogP contribution >= 0.6 is 15.9 Å². The van der Waals surface area contributed by atoms with Crippen molar-refractivity contribution in [1.82, 2.24) is 0 Å². The zero-order chi connectivity index (χ0) is 12.3. The van der Waals surface area contributed by atoms with Gasteiger partial charge in [-0.1, -0.05) is 36.4 Å². The molecule has 0 saturated heterocycles. The number of hydrogen-bond acceptors (Lipinski definition) is 1. The standard InChI is InChI=1S/C14H12BrFO/c15-12-9-11(6-7-13(12)16)14(17)8-10-4-2-1-3-5-10/h1-7,9,14,17H,8H2. The summed E-state index contributed by atoms with van der Waals surface area (Å²) in [6.45, 7) is 0. The van der Waals surface area contributed by atoms with Crippen LogP contribution in [0.1, 0.15) is 17.2 Å². The Kier molecular flexibility index (Phi) is 3.92. The molecule has 1 nitrogen and oxygen atoms in total. The topological polar surface area (TPSA) is 20.2 Å². The van der Waals surface area contributed by atoms with Crippen LogP contribution in [0.15, 0.2) is 53.0 Å². The Bertz CT molecular complexity index is 499. The van der Waals surface area contributed by atoms with Crippen LogP contribution < -0.4 is 0 Å². The Morgan fingerprint density at radius 2 is 1.82 bits per heavy atom. The second-order valence-electron chi connectivity index (χ2n) is 3.88. The van der Waals surface area contributed by atoms with Crippen LogP contribution in [-0.4, -0.2) is 5.11 Å². The maximum atomic E-state index is 13.1. The van der Waals surface area contributed by atoms with E-state index in [1.165, 1.54) is 6.07 Å². The van der Waals surface area contributed by atoms with Crippen molar-refractivity contribution in [1.29, 1.82) is 0 Å². The Balaban J connectivity index is 2.14. The summed E-state index contributed by atoms with van der Waals surface area (Å²) < 4.78 is 13.4. The summed E-state index contributed by atoms with van der Waals surface area (Å²) >= 11 is 3.11. The van der Waals surface area contributed by atoms with Crippen LogP contribution in [0, 0.1) is 5.82 Å². The molecule has 0 spiro atoms. The summed E-state index contributed by atoms with van der Waals surface area (Å²) in [6, 6.07) is 14.3. The minimum atomic E-state index is -0.616. The third kappa shape index (κ3) is 3.14. The Labute approximate surface area is 108 Å². The Hall–Kier alpha value is -1.19. The smallest absolute Gasteiger partial charge is 0.137 e. The highest BCUT2D eigenvalue weighted by Crippen LogP contribution is 2.23. The Morgan fingerprint density at radius 1 is 1.12 bits per heavy atom. The van der Waals surface area contributed by atoms with Crippen molar-refractivity contribution in [3.05, 3.63) is 69.9 Å². The fourth-order valence-corrected chi connectivity index (χ4v) is 2.07. The van der Waals surface area contributed by atoms with E-state index >= 15 is 0 Å². The molecule has 0 aliphatic rings. The molecule has 0 radical (unpaired) electrons. The van der Waals surface area contributed by atoms with Crippen molar-refractivity contribution in [3.8, 4) is 0 Å². The van der Waals surface area contributed by atoms with Gasteiger partial charge in [0.2, 0.25) is 0 Å². The number of hydrogen-bond donors (Lipinski definition) is 1. The van der Waals surface area contributed by atoms with Gasteiger partial charge in [-0.15, -0.1) is 0 Å². The molecule has 0 amide bonds. The molecule has 0 aliphatic carbocycles. The first-order valence-electron chi connectivity index (χ1n) is 5.34. The molecule has 0 saturated carbocycles. The fraction of sp³-hybridized carbons (Fsp3) is 0.143. The van der Waals surface area contributed by atoms with E-state index in [-0.39, 0.29) is 5.82 Å². The largest absolute Gasteiger partial charge is 0.388 e. The molecule has 1 atom stereocenters. The highest BCUT2D eigenvalue weighted by molar-refractivity contribution is 9.10. The van der Waals surface area contributed by atoms with Gasteiger partial charge in [0, 0.05) is 6.42 Å². The first-order valence-corrected chi connectivity index (χ1v) is 6.13. The number of aliphatic hydroxyl groups is 1. The van der Waals surface area contributed by atoms with E-state index in [1.807, 2.05) is 30.3 Å². The van der Waals surface area contributed by atoms with Crippen molar-refractivity contribution >= 4 is 15.9 Å². The normalized spacial score (nSPS) is 12.4. The number of rotatable bonds is 3. The Morgan fingerprint density at radius 3 is 2.47 bits per heavy atom. The molecule has 2 aromatic rings. The van der Waals surface area contributed by atoms with E-state index in [1.54, 1.807) is 12.1 Å². The SMILES string of the molecule is OC(Cc1ccccc1)c1ccc(F)c(Br)c1. The minimum Gasteiger partial charge on any atom is -0.388 e. The molecule has 0 aliphatic heterocycles. The number of aliphatic hydroxyl groups excluding tert-OH is 1. The predicted molar refractivity (Wildman–Crippen MR) is 69.2 cm³/mol. The molecule has 17 heavy (non-hydrogen) atoms. The van der Waals surface area contributed by atoms with Gasteiger partial charge in [0.15, 0.2) is 0 Å². The molecule has 2 rings (SSSR count). The van der Waals surface area contributed by atoms with Gasteiger partial charge in [-0.25, -0.2) is 4.39 Å². The fourth-order valence-electron chi connectivity index (χ4n) is 1.67. The second-order valence-corrected chi connectivity index (χ2v) is 4.73. The summed E-state index contributed by atoms with van der Waals surface area (Å²) in [5, 5.41) is 10.0. The van der Waals surface area contributed by atoms with E-state index in [0.29, 0.717) is 16.5 Å². The van der Waals surface area contributed by atoms with Crippen LogP contribution in [0.5, 0.6) is 0 Å². The van der Waals surface area contributed by atoms with E-state index < -0.39 is 6.10 Å². The van der Waals surface area contributed by atoms with Gasteiger partial charge >= 0.3 is 0 Å². The van der Waals surface area contributed by atoms with Crippen LogP contribution in [-0.2, 0) is 6.42 Å². The molecule has 0 aromatic heterocycles. The average molecular weight is 295 g/mol. The van der Waals surface area contributed by atoms with E-state index in [9.17, 15) is 9.50 Å². The lowest BCUT2D eigenvalue weighted by Crippen LogP contribution is -2.02. The van der Waals surface area contributed by atoms with Gasteiger partial charge in [0.05, 0.1) is 10.6 Å². The zero-order valence-corrected chi connectivity index (χ0v) is 10.7. The molecule has 0 fully saturated rings. The summed E-state index contributed by atoms with van der Waals surface area (Å²) in [7, 11) is 0. The van der Waals surface area contributed by atoms with Crippen molar-refractivity contribution < 1.29 is 9.50 Å². The van der Waals surface area contributed by atoms with E-state index in [4.69, 9.17) is 0 Å².